The molecule has 4 rings (SSSR count). The van der Waals surface area contributed by atoms with Crippen molar-refractivity contribution in [2.75, 3.05) is 17.2 Å². The fraction of sp³-hybridized carbons (Fsp3) is 0.154. The van der Waals surface area contributed by atoms with Crippen LogP contribution >= 0.6 is 0 Å². The van der Waals surface area contributed by atoms with Crippen molar-refractivity contribution in [1.82, 2.24) is 14.7 Å². The lowest BCUT2D eigenvalue weighted by Gasteiger charge is -2.08. The van der Waals surface area contributed by atoms with Crippen molar-refractivity contribution in [3.05, 3.63) is 100 Å². The third-order valence-corrected chi connectivity index (χ3v) is 5.58. The summed E-state index contributed by atoms with van der Waals surface area (Å²) in [6, 6.07) is 18.6. The Morgan fingerprint density at radius 3 is 2.42 bits per heavy atom. The smallest absolute Gasteiger partial charge is 0.295 e. The number of benzene rings is 2. The van der Waals surface area contributed by atoms with Gasteiger partial charge in [0.1, 0.15) is 5.69 Å². The lowest BCUT2D eigenvalue weighted by Crippen LogP contribution is -2.27. The number of carbonyl (C=O) groups excluding carboxylic acids is 3. The van der Waals surface area contributed by atoms with Crippen LogP contribution in [-0.4, -0.2) is 33.6 Å². The Labute approximate surface area is 206 Å². The molecule has 0 bridgehead atoms. The summed E-state index contributed by atoms with van der Waals surface area (Å²) in [6.45, 7) is 1.87. The molecule has 10 heteroatoms. The Bertz CT molecular complexity index is 1450. The van der Waals surface area contributed by atoms with E-state index < -0.39 is 11.8 Å². The van der Waals surface area contributed by atoms with Crippen molar-refractivity contribution in [1.29, 1.82) is 0 Å². The van der Waals surface area contributed by atoms with Gasteiger partial charge in [-0.05, 0) is 49.4 Å². The minimum atomic E-state index is -0.483. The first-order chi connectivity index (χ1) is 17.3. The van der Waals surface area contributed by atoms with Crippen LogP contribution in [0.3, 0.4) is 0 Å². The van der Waals surface area contributed by atoms with Crippen LogP contribution in [-0.2, 0) is 11.8 Å². The minimum absolute atomic E-state index is 0.0328. The number of carbonyl (C=O) groups is 3. The molecule has 0 unspecified atom stereocenters. The van der Waals surface area contributed by atoms with Gasteiger partial charge in [0.15, 0.2) is 5.76 Å². The number of aromatic nitrogens is 2. The molecule has 0 aliphatic rings. The van der Waals surface area contributed by atoms with Crippen LogP contribution in [0.4, 0.5) is 11.4 Å². The molecular weight excluding hydrogens is 462 g/mol. The molecule has 3 amide bonds. The van der Waals surface area contributed by atoms with E-state index in [1.165, 1.54) is 23.1 Å². The quantitative estimate of drug-likeness (QED) is 0.352. The molecule has 3 N–H and O–H groups in total. The molecule has 2 heterocycles. The van der Waals surface area contributed by atoms with Crippen LogP contribution < -0.4 is 21.5 Å². The standard InChI is InChI=1S/C26H25N5O5/c1-17-23(26(35)31(30(17)2)20-10-4-3-5-11-20)29-24(33)18-8-6-9-19(16-18)28-22(32)13-14-27-25(34)21-12-7-15-36-21/h3-12,15-16H,13-14H2,1-2H3,(H,27,34)(H,28,32)(H,29,33). The highest BCUT2D eigenvalue weighted by Crippen LogP contribution is 2.17. The molecule has 4 aromatic rings. The van der Waals surface area contributed by atoms with E-state index >= 15 is 0 Å². The number of anilines is 2. The molecule has 36 heavy (non-hydrogen) atoms. The van der Waals surface area contributed by atoms with Gasteiger partial charge >= 0.3 is 0 Å². The average Bonchev–Trinajstić information content (AvgIpc) is 3.49. The predicted molar refractivity (Wildman–Crippen MR) is 134 cm³/mol. The van der Waals surface area contributed by atoms with Crippen molar-refractivity contribution in [2.24, 2.45) is 7.05 Å². The summed E-state index contributed by atoms with van der Waals surface area (Å²) in [5.41, 5.74) is 1.78. The third-order valence-electron chi connectivity index (χ3n) is 5.58. The normalized spacial score (nSPS) is 10.6. The molecule has 184 valence electrons. The number of hydrogen-bond donors (Lipinski definition) is 3. The van der Waals surface area contributed by atoms with Crippen molar-refractivity contribution in [3.63, 3.8) is 0 Å². The maximum Gasteiger partial charge on any atom is 0.295 e. The molecular formula is C26H25N5O5. The maximum atomic E-state index is 13.0. The van der Waals surface area contributed by atoms with Crippen LogP contribution in [0.15, 0.2) is 82.2 Å². The van der Waals surface area contributed by atoms with Crippen LogP contribution in [0, 0.1) is 6.92 Å². The van der Waals surface area contributed by atoms with Crippen LogP contribution in [0.1, 0.15) is 33.0 Å². The number of rotatable bonds is 8. The van der Waals surface area contributed by atoms with Gasteiger partial charge in [-0.2, -0.15) is 0 Å². The van der Waals surface area contributed by atoms with Gasteiger partial charge in [-0.1, -0.05) is 24.3 Å². The zero-order chi connectivity index (χ0) is 25.7. The largest absolute Gasteiger partial charge is 0.459 e. The van der Waals surface area contributed by atoms with Crippen molar-refractivity contribution >= 4 is 29.1 Å². The Morgan fingerprint density at radius 2 is 1.69 bits per heavy atom. The first kappa shape index (κ1) is 24.3. The Balaban J connectivity index is 1.40. The Morgan fingerprint density at radius 1 is 0.917 bits per heavy atom. The Hall–Kier alpha value is -4.86. The summed E-state index contributed by atoms with van der Waals surface area (Å²) in [5, 5.41) is 8.00. The molecule has 0 fully saturated rings. The van der Waals surface area contributed by atoms with Crippen molar-refractivity contribution < 1.29 is 18.8 Å². The van der Waals surface area contributed by atoms with Crippen molar-refractivity contribution in [2.45, 2.75) is 13.3 Å². The molecule has 10 nitrogen and oxygen atoms in total. The zero-order valence-corrected chi connectivity index (χ0v) is 19.8. The molecule has 0 spiro atoms. The molecule has 2 aromatic heterocycles. The Kier molecular flexibility index (Phi) is 7.15. The second-order valence-electron chi connectivity index (χ2n) is 8.00. The molecule has 0 aliphatic carbocycles. The van der Waals surface area contributed by atoms with Gasteiger partial charge in [0.25, 0.3) is 17.4 Å². The van der Waals surface area contributed by atoms with Gasteiger partial charge in [0.2, 0.25) is 5.91 Å². The fourth-order valence-electron chi connectivity index (χ4n) is 3.64. The van der Waals surface area contributed by atoms with E-state index in [4.69, 9.17) is 4.42 Å². The molecule has 0 saturated heterocycles. The highest BCUT2D eigenvalue weighted by molar-refractivity contribution is 6.05. The van der Waals surface area contributed by atoms with Crippen LogP contribution in [0.2, 0.25) is 0 Å². The number of hydrogen-bond acceptors (Lipinski definition) is 5. The van der Waals surface area contributed by atoms with Crippen LogP contribution in [0.5, 0.6) is 0 Å². The zero-order valence-electron chi connectivity index (χ0n) is 19.8. The lowest BCUT2D eigenvalue weighted by molar-refractivity contribution is -0.116. The summed E-state index contributed by atoms with van der Waals surface area (Å²) in [7, 11) is 1.74. The van der Waals surface area contributed by atoms with Gasteiger partial charge in [0.05, 0.1) is 17.6 Å². The maximum absolute atomic E-state index is 13.0. The second-order valence-corrected chi connectivity index (χ2v) is 8.00. The van der Waals surface area contributed by atoms with E-state index in [9.17, 15) is 19.2 Å². The summed E-state index contributed by atoms with van der Waals surface area (Å²) >= 11 is 0. The minimum Gasteiger partial charge on any atom is -0.459 e. The SMILES string of the molecule is Cc1c(NC(=O)c2cccc(NC(=O)CCNC(=O)c3ccco3)c2)c(=O)n(-c2ccccc2)n1C. The molecule has 2 aromatic carbocycles. The molecule has 0 radical (unpaired) electrons. The summed E-state index contributed by atoms with van der Waals surface area (Å²) in [6.07, 6.45) is 1.42. The highest BCUT2D eigenvalue weighted by Gasteiger charge is 2.19. The summed E-state index contributed by atoms with van der Waals surface area (Å²) < 4.78 is 8.15. The van der Waals surface area contributed by atoms with Gasteiger partial charge in [-0.15, -0.1) is 0 Å². The lowest BCUT2D eigenvalue weighted by atomic mass is 10.1. The average molecular weight is 488 g/mol. The first-order valence-corrected chi connectivity index (χ1v) is 11.2. The van der Waals surface area contributed by atoms with E-state index in [0.29, 0.717) is 17.1 Å². The van der Waals surface area contributed by atoms with Gasteiger partial charge in [-0.3, -0.25) is 23.9 Å². The van der Waals surface area contributed by atoms with E-state index in [0.717, 1.165) is 0 Å². The van der Waals surface area contributed by atoms with Gasteiger partial charge < -0.3 is 20.4 Å². The number of amides is 3. The number of nitrogens with one attached hydrogen (secondary N) is 3. The van der Waals surface area contributed by atoms with Crippen molar-refractivity contribution in [3.8, 4) is 5.69 Å². The molecule has 0 saturated carbocycles. The number of para-hydroxylation sites is 1. The first-order valence-electron chi connectivity index (χ1n) is 11.2. The monoisotopic (exact) mass is 487 g/mol. The highest BCUT2D eigenvalue weighted by atomic mass is 16.3. The van der Waals surface area contributed by atoms with E-state index in [1.54, 1.807) is 55.1 Å². The van der Waals surface area contributed by atoms with Gasteiger partial charge in [-0.25, -0.2) is 4.68 Å². The molecule has 0 atom stereocenters. The van der Waals surface area contributed by atoms with Crippen LogP contribution in [0.25, 0.3) is 5.69 Å². The third kappa shape index (κ3) is 5.27. The van der Waals surface area contributed by atoms with E-state index in [-0.39, 0.29) is 41.4 Å². The van der Waals surface area contributed by atoms with Gasteiger partial charge in [0, 0.05) is 31.3 Å². The predicted octanol–water partition coefficient (Wildman–Crippen LogP) is 3.09. The number of furan rings is 1. The van der Waals surface area contributed by atoms with E-state index in [1.807, 2.05) is 18.2 Å². The summed E-state index contributed by atoms with van der Waals surface area (Å²) in [4.78, 5) is 50.1. The van der Waals surface area contributed by atoms with E-state index in [2.05, 4.69) is 16.0 Å². The second kappa shape index (κ2) is 10.6. The fourth-order valence-corrected chi connectivity index (χ4v) is 3.64. The molecule has 0 aliphatic heterocycles. The topological polar surface area (TPSA) is 127 Å². The number of nitrogens with zero attached hydrogens (tertiary/aromatic N) is 2. The summed E-state index contributed by atoms with van der Waals surface area (Å²) in [5.74, 6) is -1.06.